The van der Waals surface area contributed by atoms with E-state index in [0.29, 0.717) is 77.8 Å². The molecule has 0 aliphatic rings. The third-order valence-corrected chi connectivity index (χ3v) is 8.37. The zero-order valence-corrected chi connectivity index (χ0v) is 38.1. The highest BCUT2D eigenvalue weighted by Gasteiger charge is 2.22. The Labute approximate surface area is 371 Å². The molecule has 1 rings (SSSR count). The van der Waals surface area contributed by atoms with E-state index >= 15 is 0 Å². The van der Waals surface area contributed by atoms with Crippen molar-refractivity contribution < 1.29 is 57.2 Å². The minimum absolute atomic E-state index is 0.0630. The van der Waals surface area contributed by atoms with E-state index in [9.17, 15) is 28.8 Å². The molecule has 63 heavy (non-hydrogen) atoms. The number of aromatic nitrogens is 3. The van der Waals surface area contributed by atoms with Crippen molar-refractivity contribution in [3.63, 3.8) is 0 Å². The molecule has 18 nitrogen and oxygen atoms in total. The van der Waals surface area contributed by atoms with Crippen LogP contribution in [0.5, 0.6) is 0 Å². The molecule has 0 N–H and O–H groups in total. The second kappa shape index (κ2) is 29.8. The van der Waals surface area contributed by atoms with Crippen LogP contribution in [0.25, 0.3) is 0 Å². The van der Waals surface area contributed by atoms with Gasteiger partial charge in [0.25, 0.3) is 0 Å². The summed E-state index contributed by atoms with van der Waals surface area (Å²) in [5.41, 5.74) is 1.53. The maximum Gasteiger partial charge on any atom is 0.333 e. The van der Waals surface area contributed by atoms with E-state index in [2.05, 4.69) is 39.5 Å². The van der Waals surface area contributed by atoms with Crippen molar-refractivity contribution in [3.05, 3.63) is 72.9 Å². The number of carbonyl (C=O) groups is 6. The van der Waals surface area contributed by atoms with Gasteiger partial charge in [0.1, 0.15) is 0 Å². The summed E-state index contributed by atoms with van der Waals surface area (Å²) in [6.45, 7) is 33.3. The Kier molecular flexibility index (Phi) is 25.9. The zero-order valence-electron chi connectivity index (χ0n) is 38.1. The summed E-state index contributed by atoms with van der Waals surface area (Å²) in [6, 6.07) is 0. The summed E-state index contributed by atoms with van der Waals surface area (Å²) in [5, 5.41) is 0. The number of nitrogens with zero attached hydrogens (tertiary/aromatic N) is 6. The Balaban J connectivity index is 3.85. The Morgan fingerprint density at radius 1 is 0.333 bits per heavy atom. The van der Waals surface area contributed by atoms with Crippen LogP contribution >= 0.6 is 0 Å². The van der Waals surface area contributed by atoms with E-state index in [-0.39, 0.29) is 90.9 Å². The molecule has 0 aliphatic heterocycles. The van der Waals surface area contributed by atoms with Crippen LogP contribution in [-0.2, 0) is 57.2 Å². The molecule has 0 saturated heterocycles. The molecule has 348 valence electrons. The van der Waals surface area contributed by atoms with Crippen LogP contribution < -0.4 is 14.7 Å². The maximum atomic E-state index is 12.2. The predicted octanol–water partition coefficient (Wildman–Crippen LogP) is 5.35. The van der Waals surface area contributed by atoms with Crippen molar-refractivity contribution in [1.82, 2.24) is 15.0 Å². The maximum absolute atomic E-state index is 12.2. The monoisotopic (exact) mass is 882 g/mol. The highest BCUT2D eigenvalue weighted by Crippen LogP contribution is 2.22. The van der Waals surface area contributed by atoms with Crippen molar-refractivity contribution in [1.29, 1.82) is 0 Å². The van der Waals surface area contributed by atoms with Gasteiger partial charge in [0.05, 0.1) is 39.6 Å². The van der Waals surface area contributed by atoms with E-state index in [1.165, 1.54) is 0 Å². The lowest BCUT2D eigenvalue weighted by Crippen LogP contribution is -2.35. The van der Waals surface area contributed by atoms with Gasteiger partial charge in [0.2, 0.25) is 17.8 Å². The minimum Gasteiger partial charge on any atom is -0.462 e. The Hall–Kier alpha value is -6.33. The largest absolute Gasteiger partial charge is 0.462 e. The quantitative estimate of drug-likeness (QED) is 0.0378. The van der Waals surface area contributed by atoms with Gasteiger partial charge in [0, 0.05) is 72.7 Å². The van der Waals surface area contributed by atoms with Gasteiger partial charge in [-0.05, 0) is 80.1 Å². The highest BCUT2D eigenvalue weighted by molar-refractivity contribution is 5.88. The average Bonchev–Trinajstić information content (AvgIpc) is 3.23. The lowest BCUT2D eigenvalue weighted by molar-refractivity contribution is -0.139. The zero-order chi connectivity index (χ0) is 47.5. The molecule has 1 heterocycles. The number of rotatable bonds is 33. The molecule has 18 heteroatoms. The van der Waals surface area contributed by atoms with Crippen LogP contribution in [-0.4, -0.2) is 130 Å². The van der Waals surface area contributed by atoms with E-state index in [1.54, 1.807) is 41.5 Å². The summed E-state index contributed by atoms with van der Waals surface area (Å²) >= 11 is 0. The first kappa shape index (κ1) is 54.7. The summed E-state index contributed by atoms with van der Waals surface area (Å²) in [6.07, 6.45) is 2.16. The van der Waals surface area contributed by atoms with E-state index < -0.39 is 35.8 Å². The Morgan fingerprint density at radius 3 is 0.603 bits per heavy atom. The first-order chi connectivity index (χ1) is 29.7. The molecular formula is C45H66N6O12. The fraction of sp³-hybridized carbons (Fsp3) is 0.533. The van der Waals surface area contributed by atoms with Crippen LogP contribution in [0.4, 0.5) is 17.8 Å². The lowest BCUT2D eigenvalue weighted by atomic mass is 10.3. The van der Waals surface area contributed by atoms with Crippen molar-refractivity contribution >= 4 is 53.7 Å². The van der Waals surface area contributed by atoms with Gasteiger partial charge in [0.15, 0.2) is 0 Å². The normalized spacial score (nSPS) is 10.4. The van der Waals surface area contributed by atoms with Crippen LogP contribution in [0.1, 0.15) is 80.1 Å². The van der Waals surface area contributed by atoms with Gasteiger partial charge in [-0.3, -0.25) is 0 Å². The van der Waals surface area contributed by atoms with Gasteiger partial charge in [-0.1, -0.05) is 39.5 Å². The molecule has 0 spiro atoms. The minimum atomic E-state index is -0.532. The Bertz CT molecular complexity index is 1510. The molecule has 0 aliphatic carbocycles. The predicted molar refractivity (Wildman–Crippen MR) is 239 cm³/mol. The van der Waals surface area contributed by atoms with E-state index in [1.807, 2.05) is 14.7 Å². The van der Waals surface area contributed by atoms with Crippen molar-refractivity contribution in [2.45, 2.75) is 80.1 Å². The van der Waals surface area contributed by atoms with Crippen LogP contribution in [0, 0.1) is 0 Å². The molecule has 0 saturated carbocycles. The fourth-order valence-corrected chi connectivity index (χ4v) is 4.96. The van der Waals surface area contributed by atoms with Gasteiger partial charge >= 0.3 is 35.8 Å². The molecule has 0 fully saturated rings. The number of ether oxygens (including phenoxy) is 6. The average molecular weight is 883 g/mol. The van der Waals surface area contributed by atoms with Gasteiger partial charge in [-0.15, -0.1) is 0 Å². The summed E-state index contributed by atoms with van der Waals surface area (Å²) in [5.74, 6) is -2.51. The van der Waals surface area contributed by atoms with Gasteiger partial charge in [-0.25, -0.2) is 28.8 Å². The number of hydrogen-bond acceptors (Lipinski definition) is 18. The van der Waals surface area contributed by atoms with Crippen LogP contribution in [0.3, 0.4) is 0 Å². The lowest BCUT2D eigenvalue weighted by Gasteiger charge is -2.29. The smallest absolute Gasteiger partial charge is 0.333 e. The molecule has 0 unspecified atom stereocenters. The Morgan fingerprint density at radius 2 is 0.476 bits per heavy atom. The first-order valence-corrected chi connectivity index (χ1v) is 20.7. The van der Waals surface area contributed by atoms with Crippen molar-refractivity contribution in [3.8, 4) is 0 Å². The van der Waals surface area contributed by atoms with Crippen molar-refractivity contribution in [2.75, 3.05) is 93.6 Å². The summed E-state index contributed by atoms with van der Waals surface area (Å²) in [7, 11) is 0. The van der Waals surface area contributed by atoms with Gasteiger partial charge in [-0.2, -0.15) is 15.0 Å². The fourth-order valence-electron chi connectivity index (χ4n) is 4.96. The first-order valence-electron chi connectivity index (χ1n) is 20.7. The standard InChI is InChI=1S/C45H66N6O12/c1-31(2)37(52)58-25-13-19-49(20-14-26-59-38(53)32(3)4)43-46-44(50(21-15-27-60-39(54)33(5)6)22-16-28-61-40(55)34(7)8)48-45(47-43)51(23-17-29-62-41(56)35(9)10)24-18-30-63-42(57)36(11)12/h1,3,5,7,9,11,13-30H2,2,4,6,8,10,12H3. The van der Waals surface area contributed by atoms with Gasteiger partial charge < -0.3 is 43.1 Å². The van der Waals surface area contributed by atoms with Crippen molar-refractivity contribution in [2.24, 2.45) is 0 Å². The SMILES string of the molecule is C=C(C)C(=O)OCCCN(CCCOC(=O)C(=C)C)c1nc(N(CCCOC(=O)C(=C)C)CCCOC(=O)C(=C)C)nc(N(CCCOC(=O)C(=C)C)CCCOC(=O)C(=C)C)n1. The third-order valence-electron chi connectivity index (χ3n) is 8.37. The second-order valence-electron chi connectivity index (χ2n) is 14.8. The molecule has 0 aromatic carbocycles. The molecule has 0 radical (unpaired) electrons. The molecule has 0 bridgehead atoms. The number of hydrogen-bond donors (Lipinski definition) is 0. The van der Waals surface area contributed by atoms with E-state index in [4.69, 9.17) is 43.4 Å². The molecule has 1 aromatic rings. The summed E-state index contributed by atoms with van der Waals surface area (Å²) < 4.78 is 32.2. The molecule has 0 atom stereocenters. The molecule has 1 aromatic heterocycles. The van der Waals surface area contributed by atoms with Crippen LogP contribution in [0.2, 0.25) is 0 Å². The highest BCUT2D eigenvalue weighted by atomic mass is 16.6. The number of carbonyl (C=O) groups excluding carboxylic acids is 6. The topological polar surface area (TPSA) is 206 Å². The van der Waals surface area contributed by atoms with E-state index in [0.717, 1.165) is 0 Å². The number of esters is 6. The number of anilines is 3. The molecular weight excluding hydrogens is 817 g/mol. The molecule has 0 amide bonds. The third kappa shape index (κ3) is 22.9. The van der Waals surface area contributed by atoms with Crippen LogP contribution in [0.15, 0.2) is 72.9 Å². The summed E-state index contributed by atoms with van der Waals surface area (Å²) in [4.78, 5) is 93.4. The second-order valence-corrected chi connectivity index (χ2v) is 14.8.